The van der Waals surface area contributed by atoms with Crippen LogP contribution in [-0.4, -0.2) is 40.2 Å². The normalized spacial score (nSPS) is 12.6. The van der Waals surface area contributed by atoms with Crippen LogP contribution in [0.2, 0.25) is 0 Å². The number of rotatable bonds is 6. The van der Waals surface area contributed by atoms with Crippen LogP contribution in [-0.2, 0) is 28.9 Å². The van der Waals surface area contributed by atoms with Gasteiger partial charge in [0, 0.05) is 18.3 Å². The lowest BCUT2D eigenvalue weighted by Gasteiger charge is -2.15. The van der Waals surface area contributed by atoms with Gasteiger partial charge in [0.05, 0.1) is 18.5 Å². The molecule has 1 aliphatic carbocycles. The minimum atomic E-state index is -0.562. The van der Waals surface area contributed by atoms with Gasteiger partial charge in [-0.25, -0.2) is 9.48 Å². The van der Waals surface area contributed by atoms with Gasteiger partial charge in [0.1, 0.15) is 5.76 Å². The molecule has 7 nitrogen and oxygen atoms in total. The molecule has 2 heterocycles. The van der Waals surface area contributed by atoms with E-state index in [9.17, 15) is 9.59 Å². The van der Waals surface area contributed by atoms with E-state index < -0.39 is 5.97 Å². The Bertz CT molecular complexity index is 977. The minimum absolute atomic E-state index is 0.302. The highest BCUT2D eigenvalue weighted by atomic mass is 16.5. The lowest BCUT2D eigenvalue weighted by molar-refractivity contribution is -0.134. The first-order valence-corrected chi connectivity index (χ1v) is 9.23. The Morgan fingerprint density at radius 2 is 2.00 bits per heavy atom. The van der Waals surface area contributed by atoms with E-state index in [4.69, 9.17) is 9.15 Å². The standard InChI is InChI=1S/C21H21N3O4/c1-23(13-16-9-6-12-27-16)19(25)14-28-21(26)20-17-10-5-11-18(17)24(22-20)15-7-3-2-4-8-15/h2-4,6-9,12H,5,10-11,13-14H2,1H3. The van der Waals surface area contributed by atoms with Gasteiger partial charge in [0.25, 0.3) is 5.91 Å². The number of ether oxygens (including phenoxy) is 1. The SMILES string of the molecule is CN(Cc1ccco1)C(=O)COC(=O)c1nn(-c2ccccc2)c2c1CCC2. The minimum Gasteiger partial charge on any atom is -0.467 e. The molecule has 0 N–H and O–H groups in total. The maximum atomic E-state index is 12.6. The van der Waals surface area contributed by atoms with Gasteiger partial charge in [-0.2, -0.15) is 5.10 Å². The summed E-state index contributed by atoms with van der Waals surface area (Å²) in [4.78, 5) is 26.3. The summed E-state index contributed by atoms with van der Waals surface area (Å²) in [6.07, 6.45) is 4.19. The first-order valence-electron chi connectivity index (χ1n) is 9.23. The van der Waals surface area contributed by atoms with Crippen molar-refractivity contribution in [2.45, 2.75) is 25.8 Å². The van der Waals surface area contributed by atoms with Crippen molar-refractivity contribution in [1.29, 1.82) is 0 Å². The van der Waals surface area contributed by atoms with Crippen molar-refractivity contribution in [1.82, 2.24) is 14.7 Å². The van der Waals surface area contributed by atoms with Crippen molar-refractivity contribution in [3.8, 4) is 5.69 Å². The highest BCUT2D eigenvalue weighted by Crippen LogP contribution is 2.28. The number of esters is 1. The third-order valence-corrected chi connectivity index (χ3v) is 4.85. The quantitative estimate of drug-likeness (QED) is 0.616. The zero-order valence-electron chi connectivity index (χ0n) is 15.6. The van der Waals surface area contributed by atoms with Gasteiger partial charge in [0.2, 0.25) is 0 Å². The molecule has 4 rings (SSSR count). The van der Waals surface area contributed by atoms with Gasteiger partial charge in [-0.1, -0.05) is 18.2 Å². The van der Waals surface area contributed by atoms with Crippen molar-refractivity contribution >= 4 is 11.9 Å². The Morgan fingerprint density at radius 3 is 2.75 bits per heavy atom. The van der Waals surface area contributed by atoms with E-state index in [2.05, 4.69) is 5.10 Å². The maximum Gasteiger partial charge on any atom is 0.359 e. The zero-order chi connectivity index (χ0) is 19.5. The maximum absolute atomic E-state index is 12.6. The van der Waals surface area contributed by atoms with Crippen LogP contribution in [0.3, 0.4) is 0 Å². The van der Waals surface area contributed by atoms with Gasteiger partial charge < -0.3 is 14.1 Å². The number of carbonyl (C=O) groups excluding carboxylic acids is 2. The summed E-state index contributed by atoms with van der Waals surface area (Å²) in [5.74, 6) is -0.196. The lowest BCUT2D eigenvalue weighted by Crippen LogP contribution is -2.30. The molecule has 2 aromatic heterocycles. The van der Waals surface area contributed by atoms with Crippen LogP contribution in [0.15, 0.2) is 53.1 Å². The van der Waals surface area contributed by atoms with Crippen LogP contribution in [0, 0.1) is 0 Å². The van der Waals surface area contributed by atoms with E-state index in [1.165, 1.54) is 4.90 Å². The van der Waals surface area contributed by atoms with Gasteiger partial charge in [0.15, 0.2) is 12.3 Å². The molecule has 3 aromatic rings. The second kappa shape index (κ2) is 7.72. The van der Waals surface area contributed by atoms with Crippen LogP contribution >= 0.6 is 0 Å². The van der Waals surface area contributed by atoms with Crippen LogP contribution in [0.4, 0.5) is 0 Å². The van der Waals surface area contributed by atoms with E-state index in [1.54, 1.807) is 25.4 Å². The summed E-state index contributed by atoms with van der Waals surface area (Å²) in [7, 11) is 1.64. The number of furan rings is 1. The number of hydrogen-bond donors (Lipinski definition) is 0. The van der Waals surface area contributed by atoms with Gasteiger partial charge in [-0.3, -0.25) is 4.79 Å². The number of carbonyl (C=O) groups is 2. The number of amides is 1. The predicted octanol–water partition coefficient (Wildman–Crippen LogP) is 2.77. The highest BCUT2D eigenvalue weighted by molar-refractivity contribution is 5.91. The molecule has 144 valence electrons. The smallest absolute Gasteiger partial charge is 0.359 e. The van der Waals surface area contributed by atoms with E-state index in [1.807, 2.05) is 35.0 Å². The number of nitrogens with zero attached hydrogens (tertiary/aromatic N) is 3. The molecule has 1 aromatic carbocycles. The molecule has 1 amide bonds. The summed E-state index contributed by atoms with van der Waals surface area (Å²) >= 11 is 0. The van der Waals surface area contributed by atoms with Crippen molar-refractivity contribution in [3.05, 3.63) is 71.4 Å². The summed E-state index contributed by atoms with van der Waals surface area (Å²) in [5, 5.41) is 4.49. The average molecular weight is 379 g/mol. The van der Waals surface area contributed by atoms with Crippen LogP contribution in [0.25, 0.3) is 5.69 Å². The summed E-state index contributed by atoms with van der Waals surface area (Å²) in [5.41, 5.74) is 3.18. The third kappa shape index (κ3) is 3.55. The van der Waals surface area contributed by atoms with Crippen molar-refractivity contribution < 1.29 is 18.7 Å². The summed E-state index contributed by atoms with van der Waals surface area (Å²) in [6, 6.07) is 13.3. The molecule has 0 fully saturated rings. The van der Waals surface area contributed by atoms with E-state index in [0.29, 0.717) is 18.0 Å². The molecule has 0 atom stereocenters. The molecule has 0 saturated heterocycles. The first-order chi connectivity index (χ1) is 13.6. The lowest BCUT2D eigenvalue weighted by atomic mass is 10.2. The highest BCUT2D eigenvalue weighted by Gasteiger charge is 2.28. The van der Waals surface area contributed by atoms with E-state index in [0.717, 1.165) is 36.2 Å². The Balaban J connectivity index is 1.45. The summed E-state index contributed by atoms with van der Waals surface area (Å²) < 4.78 is 12.3. The molecule has 7 heteroatoms. The Morgan fingerprint density at radius 1 is 1.18 bits per heavy atom. The van der Waals surface area contributed by atoms with Gasteiger partial charge >= 0.3 is 5.97 Å². The van der Waals surface area contributed by atoms with Crippen molar-refractivity contribution in [3.63, 3.8) is 0 Å². The third-order valence-electron chi connectivity index (χ3n) is 4.85. The van der Waals surface area contributed by atoms with Gasteiger partial charge in [-0.15, -0.1) is 0 Å². The number of hydrogen-bond acceptors (Lipinski definition) is 5. The number of likely N-dealkylation sites (N-methyl/N-ethyl adjacent to an activating group) is 1. The molecule has 0 aliphatic heterocycles. The summed E-state index contributed by atoms with van der Waals surface area (Å²) in [6.45, 7) is -0.00950. The Hall–Kier alpha value is -3.35. The zero-order valence-corrected chi connectivity index (χ0v) is 15.6. The van der Waals surface area contributed by atoms with Crippen molar-refractivity contribution in [2.75, 3.05) is 13.7 Å². The predicted molar refractivity (Wildman–Crippen MR) is 101 cm³/mol. The molecule has 0 spiro atoms. The Kier molecular flexibility index (Phi) is 4.97. The second-order valence-electron chi connectivity index (χ2n) is 6.78. The van der Waals surface area contributed by atoms with E-state index in [-0.39, 0.29) is 12.5 Å². The monoisotopic (exact) mass is 379 g/mol. The molecule has 0 saturated carbocycles. The van der Waals surface area contributed by atoms with Crippen LogP contribution < -0.4 is 0 Å². The molecule has 0 bridgehead atoms. The Labute approximate surface area is 162 Å². The number of benzene rings is 1. The van der Waals surface area contributed by atoms with Crippen LogP contribution in [0.1, 0.15) is 33.9 Å². The molecular weight excluding hydrogens is 358 g/mol. The molecular formula is C21H21N3O4. The molecule has 28 heavy (non-hydrogen) atoms. The molecule has 1 aliphatic rings. The molecule has 0 unspecified atom stereocenters. The number of para-hydroxylation sites is 1. The fraction of sp³-hybridized carbons (Fsp3) is 0.286. The average Bonchev–Trinajstić information content (AvgIpc) is 3.44. The van der Waals surface area contributed by atoms with E-state index >= 15 is 0 Å². The fourth-order valence-corrected chi connectivity index (χ4v) is 3.41. The second-order valence-corrected chi connectivity index (χ2v) is 6.78. The largest absolute Gasteiger partial charge is 0.467 e. The number of fused-ring (bicyclic) bond motifs is 1. The molecule has 0 radical (unpaired) electrons. The van der Waals surface area contributed by atoms with Crippen molar-refractivity contribution in [2.24, 2.45) is 0 Å². The number of aromatic nitrogens is 2. The first kappa shape index (κ1) is 18.0. The van der Waals surface area contributed by atoms with Crippen LogP contribution in [0.5, 0.6) is 0 Å². The topological polar surface area (TPSA) is 77.6 Å². The fourth-order valence-electron chi connectivity index (χ4n) is 3.41. The van der Waals surface area contributed by atoms with Gasteiger partial charge in [-0.05, 0) is 43.5 Å².